The molecule has 0 aromatic carbocycles. The monoisotopic (exact) mass is 274 g/mol. The average molecular weight is 274 g/mol. The topological polar surface area (TPSA) is 23.6 Å². The van der Waals surface area contributed by atoms with E-state index in [1.165, 1.54) is 37.4 Å². The Morgan fingerprint density at radius 2 is 2.32 bits per heavy atom. The summed E-state index contributed by atoms with van der Waals surface area (Å²) in [6.07, 6.45) is 10.3. The van der Waals surface area contributed by atoms with Crippen LogP contribution in [0.5, 0.6) is 0 Å². The van der Waals surface area contributed by atoms with Crippen molar-refractivity contribution in [2.75, 3.05) is 25.4 Å². The number of fused-ring (bicyclic) bond motifs is 3. The third-order valence-electron chi connectivity index (χ3n) is 4.68. The van der Waals surface area contributed by atoms with Gasteiger partial charge in [0, 0.05) is 47.8 Å². The van der Waals surface area contributed by atoms with E-state index in [2.05, 4.69) is 28.3 Å². The van der Waals surface area contributed by atoms with Gasteiger partial charge in [-0.1, -0.05) is 0 Å². The molecule has 0 amide bonds. The maximum absolute atomic E-state index is 11.0. The van der Waals surface area contributed by atoms with E-state index in [1.807, 2.05) is 0 Å². The van der Waals surface area contributed by atoms with Crippen molar-refractivity contribution < 1.29 is 4.79 Å². The summed E-state index contributed by atoms with van der Waals surface area (Å²) in [5, 5.41) is 0. The zero-order valence-electron chi connectivity index (χ0n) is 10.9. The van der Waals surface area contributed by atoms with Crippen LogP contribution in [0.2, 0.25) is 0 Å². The molecule has 0 N–H and O–H groups in total. The van der Waals surface area contributed by atoms with Crippen LogP contribution in [-0.4, -0.2) is 47.5 Å². The highest BCUT2D eigenvalue weighted by molar-refractivity contribution is 8.03. The standard InChI is InChI=1S/C15H18N2OS/c18-9-12-10-19-15-8-17(4-2-14(12)15)13-5-11-1-3-16(6-11)7-13/h2,4,8-9,11,13H,1,3,5-7,10H2/t11-,13-/m1/s1. The molecule has 0 aromatic heterocycles. The number of allylic oxidation sites excluding steroid dienone is 2. The molecule has 0 radical (unpaired) electrons. The number of carbonyl (C=O) groups excluding carboxylic acids is 1. The summed E-state index contributed by atoms with van der Waals surface area (Å²) in [4.78, 5) is 17.2. The van der Waals surface area contributed by atoms with E-state index >= 15 is 0 Å². The van der Waals surface area contributed by atoms with Crippen LogP contribution in [0.25, 0.3) is 0 Å². The van der Waals surface area contributed by atoms with Gasteiger partial charge in [0.25, 0.3) is 0 Å². The Morgan fingerprint density at radius 3 is 3.16 bits per heavy atom. The van der Waals surface area contributed by atoms with Crippen LogP contribution in [0.3, 0.4) is 0 Å². The predicted octanol–water partition coefficient (Wildman–Crippen LogP) is 1.99. The molecule has 2 bridgehead atoms. The maximum atomic E-state index is 11.0. The Labute approximate surface area is 118 Å². The van der Waals surface area contributed by atoms with Gasteiger partial charge in [0.2, 0.25) is 0 Å². The average Bonchev–Trinajstić information content (AvgIpc) is 3.01. The van der Waals surface area contributed by atoms with Gasteiger partial charge in [-0.3, -0.25) is 4.79 Å². The zero-order valence-corrected chi connectivity index (χ0v) is 11.7. The summed E-state index contributed by atoms with van der Waals surface area (Å²) >= 11 is 1.79. The van der Waals surface area contributed by atoms with Gasteiger partial charge >= 0.3 is 0 Å². The van der Waals surface area contributed by atoms with Gasteiger partial charge in [-0.25, -0.2) is 0 Å². The Bertz CT molecular complexity index is 496. The molecule has 1 unspecified atom stereocenters. The van der Waals surface area contributed by atoms with E-state index in [4.69, 9.17) is 0 Å². The highest BCUT2D eigenvalue weighted by Gasteiger charge is 2.35. The van der Waals surface area contributed by atoms with Gasteiger partial charge in [0.05, 0.1) is 0 Å². The van der Waals surface area contributed by atoms with Crippen LogP contribution in [-0.2, 0) is 4.79 Å². The van der Waals surface area contributed by atoms with Crippen LogP contribution < -0.4 is 0 Å². The maximum Gasteiger partial charge on any atom is 0.147 e. The van der Waals surface area contributed by atoms with E-state index in [9.17, 15) is 4.79 Å². The molecule has 0 spiro atoms. The minimum Gasteiger partial charge on any atom is -0.349 e. The zero-order chi connectivity index (χ0) is 12.8. The molecule has 2 fully saturated rings. The first-order valence-corrected chi connectivity index (χ1v) is 8.03. The van der Waals surface area contributed by atoms with Crippen molar-refractivity contribution in [2.24, 2.45) is 5.92 Å². The van der Waals surface area contributed by atoms with Crippen LogP contribution in [0.4, 0.5) is 0 Å². The summed E-state index contributed by atoms with van der Waals surface area (Å²) in [6.45, 7) is 3.78. The Morgan fingerprint density at radius 1 is 1.37 bits per heavy atom. The van der Waals surface area contributed by atoms with Crippen LogP contribution >= 0.6 is 11.8 Å². The van der Waals surface area contributed by atoms with Gasteiger partial charge < -0.3 is 9.80 Å². The molecule has 4 aliphatic rings. The summed E-state index contributed by atoms with van der Waals surface area (Å²) < 4.78 is 0. The normalized spacial score (nSPS) is 36.5. The van der Waals surface area contributed by atoms with Crippen LogP contribution in [0.15, 0.2) is 34.5 Å². The number of thioether (sulfide) groups is 1. The first-order valence-electron chi connectivity index (χ1n) is 7.05. The predicted molar refractivity (Wildman–Crippen MR) is 77.6 cm³/mol. The van der Waals surface area contributed by atoms with Crippen molar-refractivity contribution in [3.63, 3.8) is 0 Å². The van der Waals surface area contributed by atoms with E-state index < -0.39 is 0 Å². The van der Waals surface area contributed by atoms with Gasteiger partial charge in [-0.2, -0.15) is 0 Å². The molecule has 3 nitrogen and oxygen atoms in total. The van der Waals surface area contributed by atoms with Gasteiger partial charge in [-0.05, 0) is 37.0 Å². The molecule has 3 atom stereocenters. The lowest BCUT2D eigenvalue weighted by atomic mass is 9.95. The third-order valence-corrected chi connectivity index (χ3v) is 5.77. The van der Waals surface area contributed by atoms with E-state index in [0.717, 1.165) is 29.1 Å². The molecule has 19 heavy (non-hydrogen) atoms. The number of piperidine rings is 1. The van der Waals surface area contributed by atoms with Crippen molar-refractivity contribution in [3.8, 4) is 0 Å². The van der Waals surface area contributed by atoms with Crippen molar-refractivity contribution in [2.45, 2.75) is 18.9 Å². The summed E-state index contributed by atoms with van der Waals surface area (Å²) in [5.41, 5.74) is 2.09. The lowest BCUT2D eigenvalue weighted by molar-refractivity contribution is -0.104. The van der Waals surface area contributed by atoms with Gasteiger partial charge in [0.1, 0.15) is 6.29 Å². The SMILES string of the molecule is O=CC1=C2C=CN([C@@H]3C[C@H]4CCN(C4)C3)C=C2SC1. The molecular formula is C15H18N2OS. The van der Waals surface area contributed by atoms with Gasteiger partial charge in [-0.15, -0.1) is 11.8 Å². The van der Waals surface area contributed by atoms with Crippen LogP contribution in [0.1, 0.15) is 12.8 Å². The molecule has 0 saturated carbocycles. The number of hydrogen-bond acceptors (Lipinski definition) is 4. The highest BCUT2D eigenvalue weighted by atomic mass is 32.2. The number of nitrogens with zero attached hydrogens (tertiary/aromatic N) is 2. The fraction of sp³-hybridized carbons (Fsp3) is 0.533. The second-order valence-electron chi connectivity index (χ2n) is 5.91. The van der Waals surface area contributed by atoms with E-state index in [0.29, 0.717) is 6.04 Å². The largest absolute Gasteiger partial charge is 0.349 e. The van der Waals surface area contributed by atoms with Crippen LogP contribution in [0, 0.1) is 5.92 Å². The third kappa shape index (κ3) is 1.98. The first-order chi connectivity index (χ1) is 9.33. The van der Waals surface area contributed by atoms with Crippen molar-refractivity contribution in [1.29, 1.82) is 0 Å². The number of hydrogen-bond donors (Lipinski definition) is 0. The van der Waals surface area contributed by atoms with E-state index in [-0.39, 0.29) is 0 Å². The molecule has 4 heteroatoms. The summed E-state index contributed by atoms with van der Waals surface area (Å²) in [6, 6.07) is 0.618. The first kappa shape index (κ1) is 11.8. The minimum absolute atomic E-state index is 0.618. The molecule has 4 heterocycles. The molecule has 0 aliphatic carbocycles. The Kier molecular flexibility index (Phi) is 2.81. The number of aldehydes is 1. The lowest BCUT2D eigenvalue weighted by Gasteiger charge is -2.37. The minimum atomic E-state index is 0.618. The molecule has 4 aliphatic heterocycles. The van der Waals surface area contributed by atoms with Crippen molar-refractivity contribution in [3.05, 3.63) is 34.5 Å². The molecule has 4 rings (SSSR count). The summed E-state index contributed by atoms with van der Waals surface area (Å²) in [7, 11) is 0. The fourth-order valence-electron chi connectivity index (χ4n) is 3.67. The summed E-state index contributed by atoms with van der Waals surface area (Å²) in [5.74, 6) is 1.73. The Hall–Kier alpha value is -1.00. The quantitative estimate of drug-likeness (QED) is 0.719. The van der Waals surface area contributed by atoms with Crippen molar-refractivity contribution in [1.82, 2.24) is 9.80 Å². The second kappa shape index (κ2) is 4.53. The molecule has 0 aromatic rings. The fourth-order valence-corrected chi connectivity index (χ4v) is 4.76. The van der Waals surface area contributed by atoms with Gasteiger partial charge in [0.15, 0.2) is 0 Å². The number of rotatable bonds is 2. The highest BCUT2D eigenvalue weighted by Crippen LogP contribution is 2.40. The lowest BCUT2D eigenvalue weighted by Crippen LogP contribution is -2.43. The smallest absolute Gasteiger partial charge is 0.147 e. The molecule has 100 valence electrons. The number of carbonyl (C=O) groups is 1. The Balaban J connectivity index is 1.56. The molecular weight excluding hydrogens is 256 g/mol. The molecule has 2 saturated heterocycles. The van der Waals surface area contributed by atoms with Crippen molar-refractivity contribution >= 4 is 18.0 Å². The second-order valence-corrected chi connectivity index (χ2v) is 6.92. The van der Waals surface area contributed by atoms with E-state index in [1.54, 1.807) is 11.8 Å².